The van der Waals surface area contributed by atoms with Crippen LogP contribution in [0.15, 0.2) is 53.0 Å². The summed E-state index contributed by atoms with van der Waals surface area (Å²) in [5.41, 5.74) is 8.44. The average molecular weight is 320 g/mol. The van der Waals surface area contributed by atoms with Gasteiger partial charge in [-0.05, 0) is 42.3 Å². The maximum Gasteiger partial charge on any atom is 0.119 e. The molecule has 3 heteroatoms. The van der Waals surface area contributed by atoms with E-state index in [-0.39, 0.29) is 0 Å². The van der Waals surface area contributed by atoms with Gasteiger partial charge in [0.1, 0.15) is 5.75 Å². The first-order valence-electron chi connectivity index (χ1n) is 6.32. The molecule has 1 unspecified atom stereocenters. The molecule has 0 spiro atoms. The standard InChI is InChI=1S/C16H18BrNO/c1-19-14-6-4-5-12(10-14)9-13(11-18)15-7-2-3-8-16(15)17/h2-8,10,13H,9,11,18H2,1H3. The fraction of sp³-hybridized carbons (Fsp3) is 0.250. The largest absolute Gasteiger partial charge is 0.497 e. The van der Waals surface area contributed by atoms with Crippen LogP contribution in [0.2, 0.25) is 0 Å². The predicted molar refractivity (Wildman–Crippen MR) is 82.6 cm³/mol. The summed E-state index contributed by atoms with van der Waals surface area (Å²) >= 11 is 3.60. The van der Waals surface area contributed by atoms with Crippen LogP contribution in [0.3, 0.4) is 0 Å². The summed E-state index contributed by atoms with van der Waals surface area (Å²) in [6.45, 7) is 0.625. The Hall–Kier alpha value is -1.32. The number of hydrogen-bond acceptors (Lipinski definition) is 2. The van der Waals surface area contributed by atoms with Crippen molar-refractivity contribution in [3.8, 4) is 5.75 Å². The van der Waals surface area contributed by atoms with Gasteiger partial charge in [0.25, 0.3) is 0 Å². The van der Waals surface area contributed by atoms with Gasteiger partial charge in [-0.3, -0.25) is 0 Å². The van der Waals surface area contributed by atoms with Gasteiger partial charge in [-0.15, -0.1) is 0 Å². The smallest absolute Gasteiger partial charge is 0.119 e. The molecule has 0 saturated carbocycles. The maximum atomic E-state index is 5.94. The van der Waals surface area contributed by atoms with Crippen molar-refractivity contribution in [1.29, 1.82) is 0 Å². The third-order valence-corrected chi connectivity index (χ3v) is 3.97. The SMILES string of the molecule is COc1cccc(CC(CN)c2ccccc2Br)c1. The highest BCUT2D eigenvalue weighted by Gasteiger charge is 2.13. The Balaban J connectivity index is 2.21. The molecule has 2 aromatic rings. The molecule has 0 saturated heterocycles. The Morgan fingerprint density at radius 1 is 1.16 bits per heavy atom. The van der Waals surface area contributed by atoms with Crippen molar-refractivity contribution in [2.75, 3.05) is 13.7 Å². The van der Waals surface area contributed by atoms with Gasteiger partial charge in [-0.2, -0.15) is 0 Å². The van der Waals surface area contributed by atoms with E-state index in [1.165, 1.54) is 11.1 Å². The van der Waals surface area contributed by atoms with Crippen LogP contribution in [-0.4, -0.2) is 13.7 Å². The van der Waals surface area contributed by atoms with E-state index in [2.05, 4.69) is 40.2 Å². The number of rotatable bonds is 5. The van der Waals surface area contributed by atoms with Crippen molar-refractivity contribution in [2.24, 2.45) is 5.73 Å². The van der Waals surface area contributed by atoms with Crippen LogP contribution in [-0.2, 0) is 6.42 Å². The topological polar surface area (TPSA) is 35.2 Å². The Labute approximate surface area is 122 Å². The molecular weight excluding hydrogens is 302 g/mol. The molecular formula is C16H18BrNO. The van der Waals surface area contributed by atoms with Crippen LogP contribution in [0.4, 0.5) is 0 Å². The summed E-state index contributed by atoms with van der Waals surface area (Å²) in [5.74, 6) is 1.20. The van der Waals surface area contributed by atoms with Gasteiger partial charge in [0.15, 0.2) is 0 Å². The number of methoxy groups -OCH3 is 1. The molecule has 0 bridgehead atoms. The van der Waals surface area contributed by atoms with Crippen LogP contribution < -0.4 is 10.5 Å². The molecule has 0 aliphatic rings. The molecule has 100 valence electrons. The third-order valence-electron chi connectivity index (χ3n) is 3.25. The minimum Gasteiger partial charge on any atom is -0.497 e. The summed E-state index contributed by atoms with van der Waals surface area (Å²) in [6, 6.07) is 16.4. The van der Waals surface area contributed by atoms with Crippen molar-refractivity contribution in [2.45, 2.75) is 12.3 Å². The second-order valence-corrected chi connectivity index (χ2v) is 5.36. The van der Waals surface area contributed by atoms with Gasteiger partial charge in [0.2, 0.25) is 0 Å². The quantitative estimate of drug-likeness (QED) is 0.911. The van der Waals surface area contributed by atoms with Crippen molar-refractivity contribution < 1.29 is 4.74 Å². The average Bonchev–Trinajstić information content (AvgIpc) is 2.46. The Morgan fingerprint density at radius 3 is 2.63 bits per heavy atom. The minimum absolute atomic E-state index is 0.308. The highest BCUT2D eigenvalue weighted by Crippen LogP contribution is 2.28. The number of halogens is 1. The van der Waals surface area contributed by atoms with Crippen molar-refractivity contribution in [3.05, 3.63) is 64.1 Å². The first kappa shape index (κ1) is 14.1. The summed E-state index contributed by atoms with van der Waals surface area (Å²) < 4.78 is 6.38. The summed E-state index contributed by atoms with van der Waals surface area (Å²) in [6.07, 6.45) is 0.913. The monoisotopic (exact) mass is 319 g/mol. The second kappa shape index (κ2) is 6.73. The van der Waals surface area contributed by atoms with Gasteiger partial charge < -0.3 is 10.5 Å². The third kappa shape index (κ3) is 3.58. The molecule has 19 heavy (non-hydrogen) atoms. The van der Waals surface area contributed by atoms with E-state index in [0.29, 0.717) is 12.5 Å². The molecule has 0 radical (unpaired) electrons. The summed E-state index contributed by atoms with van der Waals surface area (Å²) in [4.78, 5) is 0. The van der Waals surface area contributed by atoms with E-state index >= 15 is 0 Å². The van der Waals surface area contributed by atoms with Gasteiger partial charge in [0, 0.05) is 10.4 Å². The van der Waals surface area contributed by atoms with Crippen molar-refractivity contribution in [1.82, 2.24) is 0 Å². The van der Waals surface area contributed by atoms with Crippen molar-refractivity contribution in [3.63, 3.8) is 0 Å². The highest BCUT2D eigenvalue weighted by molar-refractivity contribution is 9.10. The van der Waals surface area contributed by atoms with E-state index in [9.17, 15) is 0 Å². The molecule has 2 aromatic carbocycles. The molecule has 1 atom stereocenters. The number of benzene rings is 2. The minimum atomic E-state index is 0.308. The molecule has 0 aliphatic carbocycles. The normalized spacial score (nSPS) is 12.2. The number of nitrogens with two attached hydrogens (primary N) is 1. The molecule has 0 aromatic heterocycles. The first-order chi connectivity index (χ1) is 9.24. The van der Waals surface area contributed by atoms with Gasteiger partial charge >= 0.3 is 0 Å². The zero-order valence-corrected chi connectivity index (χ0v) is 12.6. The fourth-order valence-electron chi connectivity index (χ4n) is 2.21. The predicted octanol–water partition coefficient (Wildman–Crippen LogP) is 3.74. The van der Waals surface area contributed by atoms with Crippen molar-refractivity contribution >= 4 is 15.9 Å². The zero-order chi connectivity index (χ0) is 13.7. The van der Waals surface area contributed by atoms with Crippen LogP contribution in [0.25, 0.3) is 0 Å². The fourth-order valence-corrected chi connectivity index (χ4v) is 2.82. The van der Waals surface area contributed by atoms with E-state index in [1.807, 2.05) is 24.3 Å². The highest BCUT2D eigenvalue weighted by atomic mass is 79.9. The lowest BCUT2D eigenvalue weighted by Gasteiger charge is -2.17. The van der Waals surface area contributed by atoms with E-state index in [4.69, 9.17) is 10.5 Å². The lowest BCUT2D eigenvalue weighted by Crippen LogP contribution is -2.15. The summed E-state index contributed by atoms with van der Waals surface area (Å²) in [7, 11) is 1.69. The molecule has 2 nitrogen and oxygen atoms in total. The van der Waals surface area contributed by atoms with Gasteiger partial charge in [-0.25, -0.2) is 0 Å². The second-order valence-electron chi connectivity index (χ2n) is 4.51. The lowest BCUT2D eigenvalue weighted by molar-refractivity contribution is 0.414. The Bertz CT molecular complexity index is 542. The zero-order valence-electron chi connectivity index (χ0n) is 11.0. The molecule has 0 heterocycles. The number of hydrogen-bond donors (Lipinski definition) is 1. The maximum absolute atomic E-state index is 5.94. The Kier molecular flexibility index (Phi) is 5.00. The van der Waals surface area contributed by atoms with Gasteiger partial charge in [-0.1, -0.05) is 46.3 Å². The van der Waals surface area contributed by atoms with Crippen LogP contribution in [0, 0.1) is 0 Å². The summed E-state index contributed by atoms with van der Waals surface area (Å²) in [5, 5.41) is 0. The van der Waals surface area contributed by atoms with E-state index in [1.54, 1.807) is 7.11 Å². The molecule has 0 amide bonds. The van der Waals surface area contributed by atoms with E-state index in [0.717, 1.165) is 16.6 Å². The van der Waals surface area contributed by atoms with Crippen LogP contribution in [0.1, 0.15) is 17.0 Å². The van der Waals surface area contributed by atoms with Crippen LogP contribution in [0.5, 0.6) is 5.75 Å². The van der Waals surface area contributed by atoms with Gasteiger partial charge in [0.05, 0.1) is 7.11 Å². The molecule has 0 fully saturated rings. The van der Waals surface area contributed by atoms with E-state index < -0.39 is 0 Å². The molecule has 2 rings (SSSR count). The molecule has 0 aliphatic heterocycles. The van der Waals surface area contributed by atoms with Crippen LogP contribution >= 0.6 is 15.9 Å². The first-order valence-corrected chi connectivity index (χ1v) is 7.11. The lowest BCUT2D eigenvalue weighted by atomic mass is 9.92. The Morgan fingerprint density at radius 2 is 1.95 bits per heavy atom. The number of ether oxygens (including phenoxy) is 1. The molecule has 2 N–H and O–H groups in total.